The lowest BCUT2D eigenvalue weighted by Crippen LogP contribution is -2.46. The van der Waals surface area contributed by atoms with E-state index in [1.165, 1.54) is 23.1 Å². The molecule has 0 aliphatic carbocycles. The highest BCUT2D eigenvalue weighted by Gasteiger charge is 2.18. The fourth-order valence-corrected chi connectivity index (χ4v) is 3.17. The third kappa shape index (κ3) is 6.05. The monoisotopic (exact) mass is 368 g/mol. The van der Waals surface area contributed by atoms with E-state index in [-0.39, 0.29) is 0 Å². The van der Waals surface area contributed by atoms with Crippen LogP contribution in [0.3, 0.4) is 0 Å². The zero-order valence-corrected chi connectivity index (χ0v) is 16.8. The Bertz CT molecular complexity index is 698. The van der Waals surface area contributed by atoms with E-state index in [1.54, 1.807) is 0 Å². The highest BCUT2D eigenvalue weighted by atomic mass is 16.5. The number of rotatable bonds is 10. The second-order valence-electron chi connectivity index (χ2n) is 7.80. The van der Waals surface area contributed by atoms with Gasteiger partial charge in [-0.25, -0.2) is 0 Å². The summed E-state index contributed by atoms with van der Waals surface area (Å²) in [5.41, 5.74) is 3.75. The molecule has 2 aromatic rings. The molecule has 3 atom stereocenters. The van der Waals surface area contributed by atoms with Crippen molar-refractivity contribution in [2.45, 2.75) is 52.2 Å². The molecule has 0 unspecified atom stereocenters. The summed E-state index contributed by atoms with van der Waals surface area (Å²) in [5.74, 6) is 1.81. The summed E-state index contributed by atoms with van der Waals surface area (Å²) < 4.78 is 11.8. The average Bonchev–Trinajstić information content (AvgIpc) is 2.65. The van der Waals surface area contributed by atoms with Gasteiger partial charge in [-0.2, -0.15) is 0 Å². The van der Waals surface area contributed by atoms with Crippen LogP contribution in [0.1, 0.15) is 49.3 Å². The molecule has 27 heavy (non-hydrogen) atoms. The van der Waals surface area contributed by atoms with Crippen LogP contribution in [0.25, 0.3) is 0 Å². The fourth-order valence-electron chi connectivity index (χ4n) is 3.17. The van der Waals surface area contributed by atoms with Crippen LogP contribution in [0.15, 0.2) is 42.7 Å². The van der Waals surface area contributed by atoms with Crippen LogP contribution in [0, 0.1) is 12.8 Å². The Hall–Kier alpha value is -1.91. The van der Waals surface area contributed by atoms with Gasteiger partial charge in [-0.1, -0.05) is 43.7 Å². The van der Waals surface area contributed by atoms with Gasteiger partial charge in [0.25, 0.3) is 0 Å². The van der Waals surface area contributed by atoms with E-state index in [4.69, 9.17) is 9.47 Å². The molecule has 0 bridgehead atoms. The smallest absolute Gasteiger partial charge is 0.137 e. The normalized spacial score (nSPS) is 18.6. The maximum Gasteiger partial charge on any atom is 0.137 e. The third-order valence-corrected chi connectivity index (χ3v) is 5.60. The number of hydrogen-bond donors (Lipinski definition) is 1. The van der Waals surface area contributed by atoms with Crippen molar-refractivity contribution in [1.29, 1.82) is 0 Å². The Morgan fingerprint density at radius 2 is 1.96 bits per heavy atom. The van der Waals surface area contributed by atoms with Crippen molar-refractivity contribution in [1.82, 2.24) is 10.3 Å². The Kier molecular flexibility index (Phi) is 7.25. The van der Waals surface area contributed by atoms with Crippen molar-refractivity contribution in [3.63, 3.8) is 0 Å². The summed E-state index contributed by atoms with van der Waals surface area (Å²) in [5, 5.41) is 3.36. The predicted octanol–water partition coefficient (Wildman–Crippen LogP) is 4.48. The molecule has 3 rings (SSSR count). The van der Waals surface area contributed by atoms with Crippen LogP contribution in [-0.4, -0.2) is 30.8 Å². The molecule has 1 aromatic carbocycles. The first kappa shape index (κ1) is 19.8. The minimum Gasteiger partial charge on any atom is -0.490 e. The van der Waals surface area contributed by atoms with Gasteiger partial charge in [-0.15, -0.1) is 0 Å². The first-order chi connectivity index (χ1) is 13.1. The zero-order chi connectivity index (χ0) is 19.1. The molecule has 4 nitrogen and oxygen atoms in total. The molecule has 0 saturated carbocycles. The second-order valence-corrected chi connectivity index (χ2v) is 7.80. The summed E-state index contributed by atoms with van der Waals surface area (Å²) in [6.07, 6.45) is 6.00. The number of nitrogens with zero attached hydrogens (tertiary/aromatic N) is 1. The van der Waals surface area contributed by atoms with Gasteiger partial charge in [0.15, 0.2) is 0 Å². The lowest BCUT2D eigenvalue weighted by molar-refractivity contribution is 0.106. The molecule has 1 fully saturated rings. The SMILES string of the molecule is Cc1ccc(COCC[C@@H](C)[C@H](C)c2cncc(OC[C@@H]3CCN3)c2)cc1. The van der Waals surface area contributed by atoms with Crippen LogP contribution in [0.4, 0.5) is 0 Å². The van der Waals surface area contributed by atoms with Crippen molar-refractivity contribution in [2.75, 3.05) is 19.8 Å². The number of nitrogens with one attached hydrogen (secondary N) is 1. The highest BCUT2D eigenvalue weighted by Crippen LogP contribution is 2.28. The largest absolute Gasteiger partial charge is 0.490 e. The molecule has 1 aliphatic heterocycles. The molecule has 0 amide bonds. The maximum absolute atomic E-state index is 5.89. The highest BCUT2D eigenvalue weighted by molar-refractivity contribution is 5.26. The molecule has 146 valence electrons. The Morgan fingerprint density at radius 1 is 1.19 bits per heavy atom. The van der Waals surface area contributed by atoms with Gasteiger partial charge in [-0.05, 0) is 55.3 Å². The summed E-state index contributed by atoms with van der Waals surface area (Å²) >= 11 is 0. The van der Waals surface area contributed by atoms with E-state index >= 15 is 0 Å². The van der Waals surface area contributed by atoms with Gasteiger partial charge >= 0.3 is 0 Å². The van der Waals surface area contributed by atoms with Crippen LogP contribution in [-0.2, 0) is 11.3 Å². The molecule has 4 heteroatoms. The van der Waals surface area contributed by atoms with Gasteiger partial charge < -0.3 is 14.8 Å². The van der Waals surface area contributed by atoms with Gasteiger partial charge in [0.2, 0.25) is 0 Å². The summed E-state index contributed by atoms with van der Waals surface area (Å²) in [7, 11) is 0. The summed E-state index contributed by atoms with van der Waals surface area (Å²) in [6.45, 7) is 9.93. The van der Waals surface area contributed by atoms with Gasteiger partial charge in [0.05, 0.1) is 12.8 Å². The van der Waals surface area contributed by atoms with Crippen molar-refractivity contribution < 1.29 is 9.47 Å². The number of ether oxygens (including phenoxy) is 2. The maximum atomic E-state index is 5.89. The molecule has 0 spiro atoms. The predicted molar refractivity (Wildman–Crippen MR) is 109 cm³/mol. The molecule has 1 saturated heterocycles. The van der Waals surface area contributed by atoms with Crippen molar-refractivity contribution in [3.05, 3.63) is 59.4 Å². The minimum atomic E-state index is 0.422. The molecule has 0 radical (unpaired) electrons. The van der Waals surface area contributed by atoms with E-state index in [2.05, 4.69) is 61.4 Å². The summed E-state index contributed by atoms with van der Waals surface area (Å²) in [4.78, 5) is 4.38. The Balaban J connectivity index is 1.42. The van der Waals surface area contributed by atoms with Gasteiger partial charge in [-0.3, -0.25) is 4.98 Å². The molecule has 1 aromatic heterocycles. The lowest BCUT2D eigenvalue weighted by atomic mass is 9.88. The van der Waals surface area contributed by atoms with Crippen LogP contribution in [0.5, 0.6) is 5.75 Å². The quantitative estimate of drug-likeness (QED) is 0.628. The average molecular weight is 369 g/mol. The van der Waals surface area contributed by atoms with Crippen molar-refractivity contribution in [2.24, 2.45) is 5.92 Å². The van der Waals surface area contributed by atoms with E-state index in [0.29, 0.717) is 24.5 Å². The van der Waals surface area contributed by atoms with E-state index in [1.807, 2.05) is 12.4 Å². The fraction of sp³-hybridized carbons (Fsp3) is 0.522. The summed E-state index contributed by atoms with van der Waals surface area (Å²) in [6, 6.07) is 11.2. The zero-order valence-electron chi connectivity index (χ0n) is 16.8. The van der Waals surface area contributed by atoms with Crippen LogP contribution < -0.4 is 10.1 Å². The number of benzene rings is 1. The second kappa shape index (κ2) is 9.86. The number of aromatic nitrogens is 1. The van der Waals surface area contributed by atoms with Crippen molar-refractivity contribution in [3.8, 4) is 5.75 Å². The number of hydrogen-bond acceptors (Lipinski definition) is 4. The number of pyridine rings is 1. The lowest BCUT2D eigenvalue weighted by Gasteiger charge is -2.27. The Morgan fingerprint density at radius 3 is 2.67 bits per heavy atom. The van der Waals surface area contributed by atoms with Gasteiger partial charge in [0, 0.05) is 18.8 Å². The molecule has 2 heterocycles. The minimum absolute atomic E-state index is 0.422. The standard InChI is InChI=1S/C23H32N2O2/c1-17-4-6-20(7-5-17)15-26-11-9-18(2)19(3)21-12-23(14-24-13-21)27-16-22-8-10-25-22/h4-7,12-14,18-19,22,25H,8-11,15-16H2,1-3H3/t18-,19+,22+/m1/s1. The third-order valence-electron chi connectivity index (χ3n) is 5.60. The molecule has 1 N–H and O–H groups in total. The number of aryl methyl sites for hydroxylation is 1. The van der Waals surface area contributed by atoms with Gasteiger partial charge in [0.1, 0.15) is 12.4 Å². The molecular weight excluding hydrogens is 336 g/mol. The van der Waals surface area contributed by atoms with Crippen LogP contribution >= 0.6 is 0 Å². The van der Waals surface area contributed by atoms with E-state index < -0.39 is 0 Å². The first-order valence-corrected chi connectivity index (χ1v) is 10.1. The topological polar surface area (TPSA) is 43.4 Å². The Labute approximate surface area is 163 Å². The van der Waals surface area contributed by atoms with E-state index in [0.717, 1.165) is 31.9 Å². The van der Waals surface area contributed by atoms with Crippen LogP contribution in [0.2, 0.25) is 0 Å². The van der Waals surface area contributed by atoms with Crippen molar-refractivity contribution >= 4 is 0 Å². The molecule has 1 aliphatic rings. The first-order valence-electron chi connectivity index (χ1n) is 10.1. The molecular formula is C23H32N2O2. The van der Waals surface area contributed by atoms with E-state index in [9.17, 15) is 0 Å².